The van der Waals surface area contributed by atoms with Crippen LogP contribution < -0.4 is 0 Å². The highest BCUT2D eigenvalue weighted by molar-refractivity contribution is 4.81. The zero-order chi connectivity index (χ0) is 19.0. The van der Waals surface area contributed by atoms with Crippen LogP contribution in [0.2, 0.25) is 0 Å². The maximum absolute atomic E-state index is 2.44. The van der Waals surface area contributed by atoms with E-state index < -0.39 is 0 Å². The molecule has 0 aliphatic heterocycles. The molecule has 0 nitrogen and oxygen atoms in total. The van der Waals surface area contributed by atoms with Gasteiger partial charge in [0.25, 0.3) is 0 Å². The van der Waals surface area contributed by atoms with Gasteiger partial charge in [-0.05, 0) is 25.7 Å². The van der Waals surface area contributed by atoms with Gasteiger partial charge in [0.05, 0.1) is 0 Å². The van der Waals surface area contributed by atoms with E-state index >= 15 is 0 Å². The van der Waals surface area contributed by atoms with Crippen LogP contribution in [0.5, 0.6) is 0 Å². The molecule has 0 atom stereocenters. The average Bonchev–Trinajstić information content (AvgIpc) is 2.66. The summed E-state index contributed by atoms with van der Waals surface area (Å²) >= 11 is 0. The van der Waals surface area contributed by atoms with E-state index in [1.54, 1.807) is 0 Å². The number of hydrogen-bond acceptors (Lipinski definition) is 0. The van der Waals surface area contributed by atoms with Crippen molar-refractivity contribution in [2.45, 2.75) is 155 Å². The van der Waals surface area contributed by atoms with E-state index in [2.05, 4.69) is 26.0 Å². The standard InChI is InChI=1S/C26H52/c1-3-5-7-9-11-13-15-17-19-21-23-25-26-24-22-20-18-16-14-12-10-8-6-4-2/h17,19H,3-16,18,20-26H2,1-2H3/b19-17+. The Morgan fingerprint density at radius 2 is 0.538 bits per heavy atom. The van der Waals surface area contributed by atoms with Crippen molar-refractivity contribution < 1.29 is 0 Å². The molecule has 0 rings (SSSR count). The monoisotopic (exact) mass is 364 g/mol. The highest BCUT2D eigenvalue weighted by atomic mass is 14.0. The van der Waals surface area contributed by atoms with Crippen molar-refractivity contribution in [3.8, 4) is 0 Å². The van der Waals surface area contributed by atoms with Gasteiger partial charge in [0, 0.05) is 0 Å². The molecule has 0 heterocycles. The van der Waals surface area contributed by atoms with Gasteiger partial charge in [-0.3, -0.25) is 0 Å². The lowest BCUT2D eigenvalue weighted by molar-refractivity contribution is 0.536. The summed E-state index contributed by atoms with van der Waals surface area (Å²) in [6.07, 6.45) is 36.4. The molecule has 0 aliphatic carbocycles. The Bertz CT molecular complexity index is 253. The van der Waals surface area contributed by atoms with Crippen LogP contribution in [-0.4, -0.2) is 0 Å². The first kappa shape index (κ1) is 25.7. The quantitative estimate of drug-likeness (QED) is 0.132. The van der Waals surface area contributed by atoms with Crippen LogP contribution in [0.4, 0.5) is 0 Å². The highest BCUT2D eigenvalue weighted by Crippen LogP contribution is 2.13. The minimum Gasteiger partial charge on any atom is -0.0885 e. The normalized spacial score (nSPS) is 11.6. The van der Waals surface area contributed by atoms with Crippen molar-refractivity contribution in [1.29, 1.82) is 0 Å². The SMILES string of the molecule is CCCCCCCC/C=C/CCCCCCCCCCCCCCCC. The molecule has 0 radical (unpaired) electrons. The summed E-state index contributed by atoms with van der Waals surface area (Å²) in [5.74, 6) is 0. The van der Waals surface area contributed by atoms with Gasteiger partial charge in [0.2, 0.25) is 0 Å². The van der Waals surface area contributed by atoms with E-state index in [-0.39, 0.29) is 0 Å². The third kappa shape index (κ3) is 23.7. The molecule has 156 valence electrons. The molecule has 0 saturated heterocycles. The first-order valence-corrected chi connectivity index (χ1v) is 12.6. The second-order valence-corrected chi connectivity index (χ2v) is 8.41. The predicted octanol–water partition coefficient (Wildman–Crippen LogP) is 10.2. The molecule has 0 aliphatic rings. The van der Waals surface area contributed by atoms with Crippen molar-refractivity contribution in [3.05, 3.63) is 12.2 Å². The van der Waals surface area contributed by atoms with Crippen LogP contribution in [-0.2, 0) is 0 Å². The van der Waals surface area contributed by atoms with Gasteiger partial charge in [-0.1, -0.05) is 142 Å². The fourth-order valence-corrected chi connectivity index (χ4v) is 3.73. The molecule has 0 aromatic rings. The van der Waals surface area contributed by atoms with Crippen molar-refractivity contribution in [3.63, 3.8) is 0 Å². The van der Waals surface area contributed by atoms with Crippen LogP contribution >= 0.6 is 0 Å². The molecule has 0 amide bonds. The van der Waals surface area contributed by atoms with Crippen LogP contribution in [0.1, 0.15) is 155 Å². The van der Waals surface area contributed by atoms with Crippen LogP contribution in [0.3, 0.4) is 0 Å². The van der Waals surface area contributed by atoms with Gasteiger partial charge >= 0.3 is 0 Å². The Labute approximate surface area is 167 Å². The van der Waals surface area contributed by atoms with E-state index in [9.17, 15) is 0 Å². The second-order valence-electron chi connectivity index (χ2n) is 8.41. The Hall–Kier alpha value is -0.260. The lowest BCUT2D eigenvalue weighted by Crippen LogP contribution is -1.83. The lowest BCUT2D eigenvalue weighted by Gasteiger charge is -2.02. The first-order chi connectivity index (χ1) is 12.9. The maximum atomic E-state index is 2.44. The fourth-order valence-electron chi connectivity index (χ4n) is 3.73. The summed E-state index contributed by atoms with van der Waals surface area (Å²) in [5, 5.41) is 0. The minimum atomic E-state index is 1.31. The molecule has 0 unspecified atom stereocenters. The highest BCUT2D eigenvalue weighted by Gasteiger charge is 1.94. The fraction of sp³-hybridized carbons (Fsp3) is 0.923. The van der Waals surface area contributed by atoms with E-state index in [1.807, 2.05) is 0 Å². The molecular formula is C26H52. The largest absolute Gasteiger partial charge is 0.0885 e. The molecule has 0 heteroatoms. The molecular weight excluding hydrogens is 312 g/mol. The smallest absolute Gasteiger partial charge is 0.0351 e. The Morgan fingerprint density at radius 1 is 0.308 bits per heavy atom. The van der Waals surface area contributed by atoms with E-state index in [0.717, 1.165) is 0 Å². The number of rotatable bonds is 22. The summed E-state index contributed by atoms with van der Waals surface area (Å²) in [4.78, 5) is 0. The third-order valence-electron chi connectivity index (χ3n) is 5.62. The topological polar surface area (TPSA) is 0 Å². The Kier molecular flexibility index (Phi) is 24.5. The van der Waals surface area contributed by atoms with Gasteiger partial charge in [0.1, 0.15) is 0 Å². The van der Waals surface area contributed by atoms with Gasteiger partial charge < -0.3 is 0 Å². The molecule has 0 fully saturated rings. The summed E-state index contributed by atoms with van der Waals surface area (Å²) in [5.41, 5.74) is 0. The summed E-state index contributed by atoms with van der Waals surface area (Å²) in [6, 6.07) is 0. The molecule has 0 aromatic heterocycles. The second kappa shape index (κ2) is 24.7. The van der Waals surface area contributed by atoms with Crippen molar-refractivity contribution in [2.24, 2.45) is 0 Å². The Balaban J connectivity index is 3.03. The van der Waals surface area contributed by atoms with E-state index in [1.165, 1.54) is 141 Å². The van der Waals surface area contributed by atoms with E-state index in [0.29, 0.717) is 0 Å². The summed E-state index contributed by atoms with van der Waals surface area (Å²) < 4.78 is 0. The van der Waals surface area contributed by atoms with Crippen molar-refractivity contribution >= 4 is 0 Å². The minimum absolute atomic E-state index is 1.31. The molecule has 0 bridgehead atoms. The maximum Gasteiger partial charge on any atom is -0.0351 e. The predicted molar refractivity (Wildman–Crippen MR) is 122 cm³/mol. The van der Waals surface area contributed by atoms with Crippen LogP contribution in [0.15, 0.2) is 12.2 Å². The molecule has 0 saturated carbocycles. The van der Waals surface area contributed by atoms with Gasteiger partial charge in [-0.2, -0.15) is 0 Å². The zero-order valence-corrected chi connectivity index (χ0v) is 18.7. The van der Waals surface area contributed by atoms with Crippen LogP contribution in [0, 0.1) is 0 Å². The first-order valence-electron chi connectivity index (χ1n) is 12.6. The molecule has 26 heavy (non-hydrogen) atoms. The van der Waals surface area contributed by atoms with Crippen molar-refractivity contribution in [1.82, 2.24) is 0 Å². The van der Waals surface area contributed by atoms with Gasteiger partial charge in [-0.25, -0.2) is 0 Å². The third-order valence-corrected chi connectivity index (χ3v) is 5.62. The van der Waals surface area contributed by atoms with E-state index in [4.69, 9.17) is 0 Å². The van der Waals surface area contributed by atoms with Gasteiger partial charge in [0.15, 0.2) is 0 Å². The van der Waals surface area contributed by atoms with Crippen LogP contribution in [0.25, 0.3) is 0 Å². The zero-order valence-electron chi connectivity index (χ0n) is 18.7. The number of hydrogen-bond donors (Lipinski definition) is 0. The average molecular weight is 365 g/mol. The summed E-state index contributed by atoms with van der Waals surface area (Å²) in [6.45, 7) is 4.59. The molecule has 0 N–H and O–H groups in total. The summed E-state index contributed by atoms with van der Waals surface area (Å²) in [7, 11) is 0. The molecule has 0 aromatic carbocycles. The van der Waals surface area contributed by atoms with Crippen molar-refractivity contribution in [2.75, 3.05) is 0 Å². The Morgan fingerprint density at radius 3 is 0.808 bits per heavy atom. The number of unbranched alkanes of at least 4 members (excludes halogenated alkanes) is 20. The molecule has 0 spiro atoms. The van der Waals surface area contributed by atoms with Gasteiger partial charge in [-0.15, -0.1) is 0 Å². The lowest BCUT2D eigenvalue weighted by atomic mass is 10.0. The number of allylic oxidation sites excluding steroid dienone is 2.